The lowest BCUT2D eigenvalue weighted by Gasteiger charge is -2.21. The summed E-state index contributed by atoms with van der Waals surface area (Å²) >= 11 is 4.74. The van der Waals surface area contributed by atoms with Gasteiger partial charge in [-0.1, -0.05) is 12.2 Å². The van der Waals surface area contributed by atoms with Crippen LogP contribution in [0.15, 0.2) is 23.1 Å². The van der Waals surface area contributed by atoms with E-state index in [0.717, 1.165) is 18.9 Å². The molecule has 0 atom stereocenters. The summed E-state index contributed by atoms with van der Waals surface area (Å²) in [6.07, 6.45) is 1.65. The maximum Gasteiger partial charge on any atom is 0.243 e. The van der Waals surface area contributed by atoms with Crippen LogP contribution in [0.5, 0.6) is 0 Å². The molecule has 0 saturated heterocycles. The molecule has 0 spiro atoms. The van der Waals surface area contributed by atoms with E-state index in [2.05, 4.69) is 0 Å². The standard InChI is InChI=1S/C13H17FN2O3S2/c1-19-7-6-16(9-2-3-9)21(17,18)10-4-5-12(14)11(8-10)13(15)20/h4-5,8-9H,2-3,6-7H2,1H3,(H2,15,20). The molecule has 1 saturated carbocycles. The van der Waals surface area contributed by atoms with Crippen molar-refractivity contribution in [2.45, 2.75) is 23.8 Å². The lowest BCUT2D eigenvalue weighted by Crippen LogP contribution is -2.36. The predicted molar refractivity (Wildman–Crippen MR) is 81.1 cm³/mol. The minimum atomic E-state index is -3.71. The number of benzene rings is 1. The Labute approximate surface area is 128 Å². The molecule has 1 aromatic carbocycles. The SMILES string of the molecule is COCCN(C1CC1)S(=O)(=O)c1ccc(F)c(C(N)=S)c1. The minimum Gasteiger partial charge on any atom is -0.389 e. The van der Waals surface area contributed by atoms with Crippen molar-refractivity contribution in [1.29, 1.82) is 0 Å². The number of halogens is 1. The van der Waals surface area contributed by atoms with Crippen LogP contribution in [0, 0.1) is 5.82 Å². The molecule has 2 rings (SSSR count). The Morgan fingerprint density at radius 1 is 1.52 bits per heavy atom. The molecule has 5 nitrogen and oxygen atoms in total. The van der Waals surface area contributed by atoms with Crippen LogP contribution < -0.4 is 5.73 Å². The normalized spacial score (nSPS) is 15.4. The fourth-order valence-electron chi connectivity index (χ4n) is 2.03. The summed E-state index contributed by atoms with van der Waals surface area (Å²) in [5, 5.41) is 0. The monoisotopic (exact) mass is 332 g/mol. The minimum absolute atomic E-state index is 0.00490. The molecule has 0 aliphatic heterocycles. The van der Waals surface area contributed by atoms with Crippen LogP contribution in [-0.2, 0) is 14.8 Å². The topological polar surface area (TPSA) is 72.6 Å². The average molecular weight is 332 g/mol. The molecule has 0 aromatic heterocycles. The van der Waals surface area contributed by atoms with Crippen LogP contribution in [0.2, 0.25) is 0 Å². The van der Waals surface area contributed by atoms with E-state index in [4.69, 9.17) is 22.7 Å². The first-order valence-electron chi connectivity index (χ1n) is 6.48. The second-order valence-corrected chi connectivity index (χ2v) is 7.18. The molecule has 0 heterocycles. The zero-order chi connectivity index (χ0) is 15.6. The molecule has 1 aromatic rings. The van der Waals surface area contributed by atoms with Gasteiger partial charge in [-0.25, -0.2) is 12.8 Å². The van der Waals surface area contributed by atoms with Crippen molar-refractivity contribution in [3.8, 4) is 0 Å². The Balaban J connectivity index is 2.37. The highest BCUT2D eigenvalue weighted by Gasteiger charge is 2.38. The first kappa shape index (κ1) is 16.3. The Bertz CT molecular complexity index is 645. The summed E-state index contributed by atoms with van der Waals surface area (Å²) in [5.74, 6) is -0.628. The summed E-state index contributed by atoms with van der Waals surface area (Å²) in [4.78, 5) is -0.172. The van der Waals surface area contributed by atoms with Crippen LogP contribution in [0.1, 0.15) is 18.4 Å². The van der Waals surface area contributed by atoms with E-state index in [1.807, 2.05) is 0 Å². The van der Waals surface area contributed by atoms with Crippen LogP contribution in [0.3, 0.4) is 0 Å². The van der Waals surface area contributed by atoms with Gasteiger partial charge in [-0.15, -0.1) is 0 Å². The first-order chi connectivity index (χ1) is 9.87. The number of methoxy groups -OCH3 is 1. The van der Waals surface area contributed by atoms with Crippen molar-refractivity contribution in [2.24, 2.45) is 5.73 Å². The smallest absolute Gasteiger partial charge is 0.243 e. The number of nitrogens with zero attached hydrogens (tertiary/aromatic N) is 1. The van der Waals surface area contributed by atoms with Crippen LogP contribution in [-0.4, -0.2) is 44.0 Å². The quantitative estimate of drug-likeness (QED) is 0.761. The van der Waals surface area contributed by atoms with Crippen LogP contribution in [0.25, 0.3) is 0 Å². The predicted octanol–water partition coefficient (Wildman–Crippen LogP) is 1.26. The summed E-state index contributed by atoms with van der Waals surface area (Å²) in [5.41, 5.74) is 5.36. The van der Waals surface area contributed by atoms with Crippen molar-refractivity contribution in [3.63, 3.8) is 0 Å². The van der Waals surface area contributed by atoms with E-state index < -0.39 is 15.8 Å². The van der Waals surface area contributed by atoms with Gasteiger partial charge in [0.2, 0.25) is 10.0 Å². The summed E-state index contributed by atoms with van der Waals surface area (Å²) in [6, 6.07) is 3.48. The molecule has 1 fully saturated rings. The van der Waals surface area contributed by atoms with Gasteiger partial charge in [0.05, 0.1) is 11.5 Å². The zero-order valence-corrected chi connectivity index (χ0v) is 13.2. The number of ether oxygens (including phenoxy) is 1. The lowest BCUT2D eigenvalue weighted by atomic mass is 10.2. The average Bonchev–Trinajstić information content (AvgIpc) is 3.23. The van der Waals surface area contributed by atoms with Crippen molar-refractivity contribution in [3.05, 3.63) is 29.6 Å². The van der Waals surface area contributed by atoms with Crippen molar-refractivity contribution < 1.29 is 17.5 Å². The van der Waals surface area contributed by atoms with E-state index in [1.54, 1.807) is 0 Å². The van der Waals surface area contributed by atoms with Gasteiger partial charge in [-0.05, 0) is 31.0 Å². The maximum atomic E-state index is 13.6. The molecule has 21 heavy (non-hydrogen) atoms. The second-order valence-electron chi connectivity index (χ2n) is 4.85. The highest BCUT2D eigenvalue weighted by Crippen LogP contribution is 2.32. The fraction of sp³-hybridized carbons (Fsp3) is 0.462. The molecule has 0 unspecified atom stereocenters. The molecule has 1 aliphatic rings. The molecule has 116 valence electrons. The number of hydrogen-bond acceptors (Lipinski definition) is 4. The number of rotatable bonds is 7. The highest BCUT2D eigenvalue weighted by atomic mass is 32.2. The van der Waals surface area contributed by atoms with E-state index in [0.29, 0.717) is 6.61 Å². The van der Waals surface area contributed by atoms with Gasteiger partial charge in [0, 0.05) is 25.3 Å². The van der Waals surface area contributed by atoms with Crippen molar-refractivity contribution in [2.75, 3.05) is 20.3 Å². The number of sulfonamides is 1. The van der Waals surface area contributed by atoms with E-state index in [9.17, 15) is 12.8 Å². The molecule has 1 aliphatic carbocycles. The maximum absolute atomic E-state index is 13.6. The molecule has 0 radical (unpaired) electrons. The summed E-state index contributed by atoms with van der Waals surface area (Å²) < 4.78 is 45.3. The van der Waals surface area contributed by atoms with E-state index in [1.165, 1.54) is 23.5 Å². The van der Waals surface area contributed by atoms with Gasteiger partial charge in [-0.3, -0.25) is 0 Å². The summed E-state index contributed by atoms with van der Waals surface area (Å²) in [7, 11) is -2.20. The largest absolute Gasteiger partial charge is 0.389 e. The molecule has 8 heteroatoms. The van der Waals surface area contributed by atoms with Gasteiger partial charge in [-0.2, -0.15) is 4.31 Å². The Morgan fingerprint density at radius 2 is 2.19 bits per heavy atom. The van der Waals surface area contributed by atoms with Gasteiger partial charge in [0.15, 0.2) is 0 Å². The van der Waals surface area contributed by atoms with Crippen LogP contribution in [0.4, 0.5) is 4.39 Å². The Kier molecular flexibility index (Phi) is 4.92. The number of nitrogens with two attached hydrogens (primary N) is 1. The van der Waals surface area contributed by atoms with Gasteiger partial charge < -0.3 is 10.5 Å². The van der Waals surface area contributed by atoms with Gasteiger partial charge in [0.25, 0.3) is 0 Å². The third kappa shape index (κ3) is 3.57. The van der Waals surface area contributed by atoms with Crippen molar-refractivity contribution in [1.82, 2.24) is 4.31 Å². The van der Waals surface area contributed by atoms with E-state index in [-0.39, 0.29) is 28.0 Å². The number of thiocarbonyl (C=S) groups is 1. The molecule has 2 N–H and O–H groups in total. The van der Waals surface area contributed by atoms with E-state index >= 15 is 0 Å². The fourth-order valence-corrected chi connectivity index (χ4v) is 3.88. The Hall–Kier alpha value is -1.09. The summed E-state index contributed by atoms with van der Waals surface area (Å²) in [6.45, 7) is 0.572. The first-order valence-corrected chi connectivity index (χ1v) is 8.33. The van der Waals surface area contributed by atoms with Gasteiger partial charge in [0.1, 0.15) is 10.8 Å². The second kappa shape index (κ2) is 6.35. The lowest BCUT2D eigenvalue weighted by molar-refractivity contribution is 0.177. The van der Waals surface area contributed by atoms with Crippen LogP contribution >= 0.6 is 12.2 Å². The number of hydrogen-bond donors (Lipinski definition) is 1. The molecule has 0 amide bonds. The third-order valence-corrected chi connectivity index (χ3v) is 5.45. The third-order valence-electron chi connectivity index (χ3n) is 3.28. The highest BCUT2D eigenvalue weighted by molar-refractivity contribution is 7.89. The van der Waals surface area contributed by atoms with Gasteiger partial charge >= 0.3 is 0 Å². The zero-order valence-electron chi connectivity index (χ0n) is 11.6. The molecular weight excluding hydrogens is 315 g/mol. The Morgan fingerprint density at radius 3 is 2.71 bits per heavy atom. The van der Waals surface area contributed by atoms with Crippen molar-refractivity contribution >= 4 is 27.2 Å². The molecular formula is C13H17FN2O3S2. The molecule has 0 bridgehead atoms.